The number of carbonyl (C=O) groups is 3. The number of furan rings is 1. The number of nitrogens with one attached hydrogen (secondary N) is 3. The predicted octanol–water partition coefficient (Wildman–Crippen LogP) is 2.45. The van der Waals surface area contributed by atoms with Gasteiger partial charge in [0.05, 0.1) is 0 Å². The first-order valence-electron chi connectivity index (χ1n) is 6.50. The Kier molecular flexibility index (Phi) is 4.57. The van der Waals surface area contributed by atoms with Crippen LogP contribution in [0.25, 0.3) is 0 Å². The van der Waals surface area contributed by atoms with Crippen LogP contribution in [0.15, 0.2) is 40.8 Å². The Labute approximate surface area is 126 Å². The van der Waals surface area contributed by atoms with Gasteiger partial charge in [-0.3, -0.25) is 19.7 Å². The Morgan fingerprint density at radius 3 is 2.14 bits per heavy atom. The summed E-state index contributed by atoms with van der Waals surface area (Å²) in [4.78, 5) is 34.0. The molecule has 7 heteroatoms. The van der Waals surface area contributed by atoms with Crippen LogP contribution in [0.2, 0.25) is 0 Å². The minimum absolute atomic E-state index is 0.0636. The second-order valence-electron chi connectivity index (χ2n) is 4.56. The second-order valence-corrected chi connectivity index (χ2v) is 4.56. The third kappa shape index (κ3) is 4.20. The summed E-state index contributed by atoms with van der Waals surface area (Å²) in [6.07, 6.45) is 0. The van der Waals surface area contributed by atoms with Crippen LogP contribution in [0.4, 0.5) is 17.3 Å². The number of benzene rings is 1. The first-order chi connectivity index (χ1) is 10.4. The van der Waals surface area contributed by atoms with Crippen LogP contribution in [0.1, 0.15) is 24.4 Å². The lowest BCUT2D eigenvalue weighted by molar-refractivity contribution is -0.115. The Bertz CT molecular complexity index is 721. The molecule has 1 heterocycles. The standard InChI is InChI=1S/C15H15N3O4/c1-9(19)16-11-4-3-5-12(8-11)18-15(21)13-6-7-14(22-13)17-10(2)20/h3-8H,1-2H3,(H,16,19)(H,17,20)(H,18,21). The summed E-state index contributed by atoms with van der Waals surface area (Å²) >= 11 is 0. The molecule has 3 amide bonds. The lowest BCUT2D eigenvalue weighted by atomic mass is 10.2. The Morgan fingerprint density at radius 1 is 0.864 bits per heavy atom. The van der Waals surface area contributed by atoms with Gasteiger partial charge in [0.15, 0.2) is 11.6 Å². The highest BCUT2D eigenvalue weighted by molar-refractivity contribution is 6.03. The van der Waals surface area contributed by atoms with Crippen molar-refractivity contribution in [3.63, 3.8) is 0 Å². The van der Waals surface area contributed by atoms with E-state index in [4.69, 9.17) is 4.42 Å². The zero-order valence-corrected chi connectivity index (χ0v) is 12.1. The number of amides is 3. The SMILES string of the molecule is CC(=O)Nc1cccc(NC(=O)c2ccc(NC(C)=O)o2)c1. The van der Waals surface area contributed by atoms with Gasteiger partial charge in [-0.05, 0) is 24.3 Å². The van der Waals surface area contributed by atoms with Gasteiger partial charge in [-0.2, -0.15) is 0 Å². The van der Waals surface area contributed by atoms with Gasteiger partial charge in [0.2, 0.25) is 11.8 Å². The Balaban J connectivity index is 2.06. The van der Waals surface area contributed by atoms with E-state index >= 15 is 0 Å². The van der Waals surface area contributed by atoms with Crippen molar-refractivity contribution < 1.29 is 18.8 Å². The fourth-order valence-electron chi connectivity index (χ4n) is 1.77. The predicted molar refractivity (Wildman–Crippen MR) is 81.7 cm³/mol. The van der Waals surface area contributed by atoms with Gasteiger partial charge in [0, 0.05) is 31.3 Å². The van der Waals surface area contributed by atoms with Crippen molar-refractivity contribution in [2.75, 3.05) is 16.0 Å². The van der Waals surface area contributed by atoms with Crippen molar-refractivity contribution in [1.29, 1.82) is 0 Å². The molecule has 2 aromatic rings. The molecule has 0 aliphatic rings. The lowest BCUT2D eigenvalue weighted by Gasteiger charge is -2.06. The van der Waals surface area contributed by atoms with Crippen molar-refractivity contribution in [3.8, 4) is 0 Å². The quantitative estimate of drug-likeness (QED) is 0.807. The maximum atomic E-state index is 12.0. The smallest absolute Gasteiger partial charge is 0.291 e. The largest absolute Gasteiger partial charge is 0.435 e. The van der Waals surface area contributed by atoms with Crippen LogP contribution < -0.4 is 16.0 Å². The van der Waals surface area contributed by atoms with Crippen LogP contribution in [0.5, 0.6) is 0 Å². The molecule has 3 N–H and O–H groups in total. The first-order valence-corrected chi connectivity index (χ1v) is 6.50. The molecule has 1 aromatic carbocycles. The molecule has 0 atom stereocenters. The van der Waals surface area contributed by atoms with E-state index in [1.807, 2.05) is 0 Å². The van der Waals surface area contributed by atoms with Crippen molar-refractivity contribution >= 4 is 35.0 Å². The lowest BCUT2D eigenvalue weighted by Crippen LogP contribution is -2.12. The van der Waals surface area contributed by atoms with E-state index in [9.17, 15) is 14.4 Å². The minimum atomic E-state index is -0.462. The van der Waals surface area contributed by atoms with Crippen LogP contribution in [-0.4, -0.2) is 17.7 Å². The molecular formula is C15H15N3O4. The van der Waals surface area contributed by atoms with E-state index in [2.05, 4.69) is 16.0 Å². The molecule has 0 saturated carbocycles. The third-order valence-electron chi connectivity index (χ3n) is 2.57. The van der Waals surface area contributed by atoms with Gasteiger partial charge in [-0.1, -0.05) is 6.07 Å². The van der Waals surface area contributed by atoms with Gasteiger partial charge >= 0.3 is 0 Å². The summed E-state index contributed by atoms with van der Waals surface area (Å²) < 4.78 is 5.21. The van der Waals surface area contributed by atoms with Gasteiger partial charge in [0.1, 0.15) is 0 Å². The van der Waals surface area contributed by atoms with Crippen molar-refractivity contribution in [2.24, 2.45) is 0 Å². The normalized spacial score (nSPS) is 9.91. The highest BCUT2D eigenvalue weighted by atomic mass is 16.4. The van der Waals surface area contributed by atoms with E-state index in [-0.39, 0.29) is 23.5 Å². The summed E-state index contributed by atoms with van der Waals surface area (Å²) in [5.41, 5.74) is 1.08. The number of anilines is 3. The van der Waals surface area contributed by atoms with Gasteiger partial charge in [-0.25, -0.2) is 0 Å². The molecule has 7 nitrogen and oxygen atoms in total. The average molecular weight is 301 g/mol. The van der Waals surface area contributed by atoms with Crippen LogP contribution in [-0.2, 0) is 9.59 Å². The molecule has 1 aromatic heterocycles. The third-order valence-corrected chi connectivity index (χ3v) is 2.57. The highest BCUT2D eigenvalue weighted by Gasteiger charge is 2.12. The summed E-state index contributed by atoms with van der Waals surface area (Å²) in [7, 11) is 0. The molecule has 0 bridgehead atoms. The monoisotopic (exact) mass is 301 g/mol. The molecule has 0 unspecified atom stereocenters. The number of hydrogen-bond acceptors (Lipinski definition) is 4. The van der Waals surface area contributed by atoms with E-state index in [1.54, 1.807) is 24.3 Å². The van der Waals surface area contributed by atoms with Gasteiger partial charge < -0.3 is 15.1 Å². The van der Waals surface area contributed by atoms with Crippen LogP contribution >= 0.6 is 0 Å². The summed E-state index contributed by atoms with van der Waals surface area (Å²) in [5, 5.41) is 7.71. The molecule has 0 saturated heterocycles. The van der Waals surface area contributed by atoms with E-state index < -0.39 is 5.91 Å². The van der Waals surface area contributed by atoms with E-state index in [0.717, 1.165) is 0 Å². The zero-order valence-electron chi connectivity index (χ0n) is 12.1. The molecular weight excluding hydrogens is 286 g/mol. The molecule has 0 fully saturated rings. The fraction of sp³-hybridized carbons (Fsp3) is 0.133. The molecule has 2 rings (SSSR count). The van der Waals surface area contributed by atoms with Crippen LogP contribution in [0, 0.1) is 0 Å². The topological polar surface area (TPSA) is 100 Å². The van der Waals surface area contributed by atoms with E-state index in [0.29, 0.717) is 11.4 Å². The molecule has 0 aliphatic carbocycles. The van der Waals surface area contributed by atoms with Gasteiger partial charge in [-0.15, -0.1) is 0 Å². The van der Waals surface area contributed by atoms with Crippen molar-refractivity contribution in [2.45, 2.75) is 13.8 Å². The van der Waals surface area contributed by atoms with Crippen molar-refractivity contribution in [3.05, 3.63) is 42.2 Å². The van der Waals surface area contributed by atoms with Crippen molar-refractivity contribution in [1.82, 2.24) is 0 Å². The Morgan fingerprint density at radius 2 is 1.50 bits per heavy atom. The maximum Gasteiger partial charge on any atom is 0.291 e. The average Bonchev–Trinajstić information content (AvgIpc) is 2.86. The Hall–Kier alpha value is -3.09. The summed E-state index contributed by atoms with van der Waals surface area (Å²) in [6.45, 7) is 2.74. The number of hydrogen-bond donors (Lipinski definition) is 3. The molecule has 0 spiro atoms. The maximum absolute atomic E-state index is 12.0. The summed E-state index contributed by atoms with van der Waals surface area (Å²) in [5.74, 6) is -0.686. The zero-order chi connectivity index (χ0) is 16.1. The first kappa shape index (κ1) is 15.3. The summed E-state index contributed by atoms with van der Waals surface area (Å²) in [6, 6.07) is 9.66. The van der Waals surface area contributed by atoms with Crippen LogP contribution in [0.3, 0.4) is 0 Å². The second kappa shape index (κ2) is 6.57. The molecule has 0 radical (unpaired) electrons. The molecule has 114 valence electrons. The molecule has 0 aliphatic heterocycles. The number of carbonyl (C=O) groups excluding carboxylic acids is 3. The highest BCUT2D eigenvalue weighted by Crippen LogP contribution is 2.18. The number of rotatable bonds is 4. The fourth-order valence-corrected chi connectivity index (χ4v) is 1.77. The minimum Gasteiger partial charge on any atom is -0.435 e. The van der Waals surface area contributed by atoms with Gasteiger partial charge in [0.25, 0.3) is 5.91 Å². The van der Waals surface area contributed by atoms with E-state index in [1.165, 1.54) is 26.0 Å². The molecule has 22 heavy (non-hydrogen) atoms.